The van der Waals surface area contributed by atoms with Crippen LogP contribution in [0.25, 0.3) is 5.69 Å². The number of nitrogens with zero attached hydrogens (tertiary/aromatic N) is 4. The highest BCUT2D eigenvalue weighted by atomic mass is 32.1. The van der Waals surface area contributed by atoms with E-state index in [1.54, 1.807) is 16.0 Å². The average Bonchev–Trinajstić information content (AvgIpc) is 3.27. The van der Waals surface area contributed by atoms with Gasteiger partial charge in [-0.25, -0.2) is 4.68 Å². The molecule has 1 N–H and O–H groups in total. The van der Waals surface area contributed by atoms with Crippen LogP contribution >= 0.6 is 11.3 Å². The number of rotatable bonds is 7. The Morgan fingerprint density at radius 2 is 1.96 bits per heavy atom. The number of likely N-dealkylation sites (N-methyl/N-ethyl adjacent to an activating group) is 1. The summed E-state index contributed by atoms with van der Waals surface area (Å²) in [6.07, 6.45) is 0.224. The van der Waals surface area contributed by atoms with Gasteiger partial charge in [0.15, 0.2) is 0 Å². The van der Waals surface area contributed by atoms with Gasteiger partial charge in [0, 0.05) is 6.54 Å². The summed E-state index contributed by atoms with van der Waals surface area (Å²) in [5.41, 5.74) is 4.94. The fraction of sp³-hybridized carbons (Fsp3) is 0.350. The summed E-state index contributed by atoms with van der Waals surface area (Å²) in [7, 11) is 4.04. The Labute approximate surface area is 163 Å². The molecule has 0 aliphatic carbocycles. The molecule has 0 aliphatic rings. The molecule has 0 aliphatic heterocycles. The van der Waals surface area contributed by atoms with Crippen molar-refractivity contribution in [1.82, 2.24) is 25.2 Å². The Kier molecular flexibility index (Phi) is 6.03. The van der Waals surface area contributed by atoms with Gasteiger partial charge >= 0.3 is 0 Å². The van der Waals surface area contributed by atoms with Gasteiger partial charge in [0.2, 0.25) is 5.91 Å². The van der Waals surface area contributed by atoms with Crippen molar-refractivity contribution < 1.29 is 4.79 Å². The molecule has 1 aromatic carbocycles. The first kappa shape index (κ1) is 19.3. The van der Waals surface area contributed by atoms with Crippen LogP contribution in [0.3, 0.4) is 0 Å². The van der Waals surface area contributed by atoms with Crippen molar-refractivity contribution in [3.8, 4) is 5.69 Å². The molecule has 0 saturated carbocycles. The molecule has 6 nitrogen and oxygen atoms in total. The van der Waals surface area contributed by atoms with Gasteiger partial charge in [-0.1, -0.05) is 22.9 Å². The van der Waals surface area contributed by atoms with E-state index in [2.05, 4.69) is 37.4 Å². The highest BCUT2D eigenvalue weighted by Crippen LogP contribution is 2.20. The zero-order chi connectivity index (χ0) is 19.4. The lowest BCUT2D eigenvalue weighted by atomic mass is 10.1. The van der Waals surface area contributed by atoms with Crippen LogP contribution in [-0.2, 0) is 11.2 Å². The first-order chi connectivity index (χ1) is 13.0. The number of amides is 1. The lowest BCUT2D eigenvalue weighted by Gasteiger charge is -2.23. The molecule has 0 bridgehead atoms. The van der Waals surface area contributed by atoms with Crippen LogP contribution in [0.5, 0.6) is 0 Å². The quantitative estimate of drug-likeness (QED) is 0.681. The third kappa shape index (κ3) is 4.61. The standard InChI is InChI=1S/C20H25N5OS/c1-14-5-7-17(8-6-14)25-15(2)18(22-23-25)11-20(26)21-12-19(24(3)4)16-9-10-27-13-16/h5-10,13,19H,11-12H2,1-4H3,(H,21,26). The minimum absolute atomic E-state index is 0.0452. The summed E-state index contributed by atoms with van der Waals surface area (Å²) in [4.78, 5) is 14.6. The predicted molar refractivity (Wildman–Crippen MR) is 108 cm³/mol. The summed E-state index contributed by atoms with van der Waals surface area (Å²) in [5.74, 6) is -0.0452. The first-order valence-electron chi connectivity index (χ1n) is 8.89. The Hall–Kier alpha value is -2.51. The molecule has 142 valence electrons. The van der Waals surface area contributed by atoms with Gasteiger partial charge in [-0.15, -0.1) is 5.10 Å². The Morgan fingerprint density at radius 1 is 1.22 bits per heavy atom. The minimum atomic E-state index is -0.0452. The lowest BCUT2D eigenvalue weighted by Crippen LogP contribution is -2.35. The maximum Gasteiger partial charge on any atom is 0.226 e. The molecular formula is C20H25N5OS. The van der Waals surface area contributed by atoms with Crippen LogP contribution in [0.2, 0.25) is 0 Å². The number of aryl methyl sites for hydroxylation is 1. The van der Waals surface area contributed by atoms with E-state index < -0.39 is 0 Å². The number of aromatic nitrogens is 3. The van der Waals surface area contributed by atoms with E-state index in [0.717, 1.165) is 11.4 Å². The van der Waals surface area contributed by atoms with Crippen molar-refractivity contribution >= 4 is 17.2 Å². The number of benzene rings is 1. The molecule has 0 fully saturated rings. The highest BCUT2D eigenvalue weighted by molar-refractivity contribution is 7.07. The van der Waals surface area contributed by atoms with Crippen molar-refractivity contribution in [2.75, 3.05) is 20.6 Å². The second kappa shape index (κ2) is 8.45. The SMILES string of the molecule is Cc1ccc(-n2nnc(CC(=O)NCC(c3ccsc3)N(C)C)c2C)cc1. The van der Waals surface area contributed by atoms with Crippen molar-refractivity contribution in [2.45, 2.75) is 26.3 Å². The molecule has 1 amide bonds. The molecule has 1 unspecified atom stereocenters. The number of hydrogen-bond acceptors (Lipinski definition) is 5. The zero-order valence-corrected chi connectivity index (χ0v) is 17.0. The van der Waals surface area contributed by atoms with E-state index in [0.29, 0.717) is 12.2 Å². The predicted octanol–water partition coefficient (Wildman–Crippen LogP) is 2.91. The Morgan fingerprint density at radius 3 is 2.59 bits per heavy atom. The van der Waals surface area contributed by atoms with Crippen LogP contribution in [0, 0.1) is 13.8 Å². The average molecular weight is 384 g/mol. The summed E-state index contributed by atoms with van der Waals surface area (Å²) in [6, 6.07) is 10.3. The van der Waals surface area contributed by atoms with Crippen LogP contribution in [0.15, 0.2) is 41.1 Å². The van der Waals surface area contributed by atoms with E-state index in [-0.39, 0.29) is 18.4 Å². The van der Waals surface area contributed by atoms with E-state index in [9.17, 15) is 4.79 Å². The first-order valence-corrected chi connectivity index (χ1v) is 9.83. The number of hydrogen-bond donors (Lipinski definition) is 1. The van der Waals surface area contributed by atoms with Crippen molar-refractivity contribution in [2.24, 2.45) is 0 Å². The highest BCUT2D eigenvalue weighted by Gasteiger charge is 2.18. The molecule has 27 heavy (non-hydrogen) atoms. The number of thiophene rings is 1. The van der Waals surface area contributed by atoms with E-state index in [1.807, 2.05) is 52.2 Å². The second-order valence-corrected chi connectivity index (χ2v) is 7.67. The van der Waals surface area contributed by atoms with E-state index in [1.165, 1.54) is 11.1 Å². The minimum Gasteiger partial charge on any atom is -0.354 e. The molecule has 1 atom stereocenters. The summed E-state index contributed by atoms with van der Waals surface area (Å²) < 4.78 is 1.77. The van der Waals surface area contributed by atoms with E-state index >= 15 is 0 Å². The van der Waals surface area contributed by atoms with E-state index in [4.69, 9.17) is 0 Å². The molecule has 3 rings (SSSR count). The summed E-state index contributed by atoms with van der Waals surface area (Å²) in [6.45, 7) is 4.55. The molecular weight excluding hydrogens is 358 g/mol. The fourth-order valence-corrected chi connectivity index (χ4v) is 3.65. The van der Waals surface area contributed by atoms with Crippen LogP contribution < -0.4 is 5.32 Å². The molecule has 0 spiro atoms. The Bertz CT molecular complexity index is 884. The maximum absolute atomic E-state index is 12.4. The normalized spacial score (nSPS) is 12.3. The largest absolute Gasteiger partial charge is 0.354 e. The lowest BCUT2D eigenvalue weighted by molar-refractivity contribution is -0.120. The van der Waals surface area contributed by atoms with Crippen LogP contribution in [-0.4, -0.2) is 46.4 Å². The number of carbonyl (C=O) groups excluding carboxylic acids is 1. The monoisotopic (exact) mass is 383 g/mol. The molecule has 0 radical (unpaired) electrons. The Balaban J connectivity index is 1.63. The van der Waals surface area contributed by atoms with Crippen LogP contribution in [0.1, 0.15) is 28.6 Å². The number of carbonyl (C=O) groups is 1. The van der Waals surface area contributed by atoms with Gasteiger partial charge in [0.1, 0.15) is 0 Å². The third-order valence-electron chi connectivity index (χ3n) is 4.64. The fourth-order valence-electron chi connectivity index (χ4n) is 2.94. The van der Waals surface area contributed by atoms with Gasteiger partial charge in [-0.2, -0.15) is 11.3 Å². The van der Waals surface area contributed by atoms with Gasteiger partial charge in [-0.05, 0) is 62.5 Å². The molecule has 3 aromatic rings. The smallest absolute Gasteiger partial charge is 0.226 e. The van der Waals surface area contributed by atoms with Gasteiger partial charge in [0.25, 0.3) is 0 Å². The number of nitrogens with one attached hydrogen (secondary N) is 1. The van der Waals surface area contributed by atoms with Crippen molar-refractivity contribution in [3.05, 3.63) is 63.6 Å². The molecule has 2 heterocycles. The molecule has 0 saturated heterocycles. The molecule has 7 heteroatoms. The van der Waals surface area contributed by atoms with Crippen molar-refractivity contribution in [1.29, 1.82) is 0 Å². The topological polar surface area (TPSA) is 63.1 Å². The van der Waals surface area contributed by atoms with Gasteiger partial charge < -0.3 is 10.2 Å². The summed E-state index contributed by atoms with van der Waals surface area (Å²) in [5, 5.41) is 15.6. The molecule has 2 aromatic heterocycles. The van der Waals surface area contributed by atoms with Crippen molar-refractivity contribution in [3.63, 3.8) is 0 Å². The second-order valence-electron chi connectivity index (χ2n) is 6.89. The van der Waals surface area contributed by atoms with Gasteiger partial charge in [-0.3, -0.25) is 4.79 Å². The van der Waals surface area contributed by atoms with Crippen LogP contribution in [0.4, 0.5) is 0 Å². The zero-order valence-electron chi connectivity index (χ0n) is 16.1. The summed E-state index contributed by atoms with van der Waals surface area (Å²) >= 11 is 1.67. The third-order valence-corrected chi connectivity index (χ3v) is 5.34. The maximum atomic E-state index is 12.4. The van der Waals surface area contributed by atoms with Gasteiger partial charge in [0.05, 0.1) is 29.5 Å².